The first kappa shape index (κ1) is 18.3. The maximum absolute atomic E-state index is 9.46. The van der Waals surface area contributed by atoms with Crippen molar-refractivity contribution in [2.45, 2.75) is 38.5 Å². The van der Waals surface area contributed by atoms with Gasteiger partial charge in [0.05, 0.1) is 21.8 Å². The number of H-pyrrole nitrogens is 1. The summed E-state index contributed by atoms with van der Waals surface area (Å²) in [6, 6.07) is 10.2. The maximum Gasteiger partial charge on any atom is 0.121 e. The van der Waals surface area contributed by atoms with Gasteiger partial charge in [0, 0.05) is 28.6 Å². The predicted octanol–water partition coefficient (Wildman–Crippen LogP) is 5.30. The second kappa shape index (κ2) is 7.25. The van der Waals surface area contributed by atoms with Crippen molar-refractivity contribution in [1.29, 1.82) is 5.26 Å². The van der Waals surface area contributed by atoms with Gasteiger partial charge in [-0.15, -0.1) is 11.3 Å². The fourth-order valence-corrected chi connectivity index (χ4v) is 5.56. The fraction of sp³-hybridized carbons (Fsp3) is 0.348. The van der Waals surface area contributed by atoms with Crippen molar-refractivity contribution >= 4 is 32.6 Å². The van der Waals surface area contributed by atoms with Crippen LogP contribution in [0.2, 0.25) is 0 Å². The molecule has 4 aromatic rings. The van der Waals surface area contributed by atoms with E-state index in [-0.39, 0.29) is 0 Å². The third-order valence-electron chi connectivity index (χ3n) is 5.83. The van der Waals surface area contributed by atoms with E-state index < -0.39 is 0 Å². The van der Waals surface area contributed by atoms with Crippen LogP contribution in [-0.2, 0) is 0 Å². The molecule has 0 bridgehead atoms. The van der Waals surface area contributed by atoms with Gasteiger partial charge in [-0.3, -0.25) is 4.98 Å². The van der Waals surface area contributed by atoms with Gasteiger partial charge in [-0.05, 0) is 44.0 Å². The molecular formula is C23H23N5S. The van der Waals surface area contributed by atoms with Crippen LogP contribution in [0.25, 0.3) is 32.5 Å². The molecule has 3 aromatic heterocycles. The summed E-state index contributed by atoms with van der Waals surface area (Å²) in [7, 11) is 0. The highest BCUT2D eigenvalue weighted by Crippen LogP contribution is 2.42. The third-order valence-corrected chi connectivity index (χ3v) is 6.97. The Hall–Kier alpha value is -2.75. The molecule has 0 amide bonds. The first-order valence-corrected chi connectivity index (χ1v) is 11.0. The second-order valence-electron chi connectivity index (χ2n) is 7.99. The molecule has 0 saturated carbocycles. The summed E-state index contributed by atoms with van der Waals surface area (Å²) in [6.07, 6.45) is 4.06. The van der Waals surface area contributed by atoms with Crippen LogP contribution >= 0.6 is 11.3 Å². The number of thiazole rings is 1. The Morgan fingerprint density at radius 2 is 2.00 bits per heavy atom. The van der Waals surface area contributed by atoms with Gasteiger partial charge in [0.2, 0.25) is 0 Å². The van der Waals surface area contributed by atoms with Gasteiger partial charge in [0.25, 0.3) is 0 Å². The summed E-state index contributed by atoms with van der Waals surface area (Å²) < 4.78 is 0. The van der Waals surface area contributed by atoms with E-state index >= 15 is 0 Å². The number of benzene rings is 1. The summed E-state index contributed by atoms with van der Waals surface area (Å²) in [5, 5.41) is 15.2. The zero-order chi connectivity index (χ0) is 20.0. The first-order valence-electron chi connectivity index (χ1n) is 10.2. The molecule has 5 nitrogen and oxygen atoms in total. The van der Waals surface area contributed by atoms with Gasteiger partial charge in [0.15, 0.2) is 0 Å². The van der Waals surface area contributed by atoms with E-state index in [9.17, 15) is 5.26 Å². The number of piperidine rings is 1. The Kier molecular flexibility index (Phi) is 4.57. The molecule has 1 aliphatic heterocycles. The van der Waals surface area contributed by atoms with Gasteiger partial charge in [-0.1, -0.05) is 26.0 Å². The molecule has 4 heterocycles. The van der Waals surface area contributed by atoms with E-state index in [0.717, 1.165) is 58.4 Å². The molecule has 1 aromatic carbocycles. The Labute approximate surface area is 173 Å². The lowest BCUT2D eigenvalue weighted by Gasteiger charge is -2.20. The molecule has 0 atom stereocenters. The molecule has 6 heteroatoms. The number of aromatic nitrogens is 3. The predicted molar refractivity (Wildman–Crippen MR) is 118 cm³/mol. The van der Waals surface area contributed by atoms with Crippen LogP contribution in [0, 0.1) is 11.3 Å². The molecule has 1 fully saturated rings. The van der Waals surface area contributed by atoms with Crippen molar-refractivity contribution in [3.05, 3.63) is 46.6 Å². The number of fused-ring (bicyclic) bond motifs is 2. The van der Waals surface area contributed by atoms with Gasteiger partial charge in [0.1, 0.15) is 16.4 Å². The highest BCUT2D eigenvalue weighted by Gasteiger charge is 2.25. The minimum absolute atomic E-state index is 0.337. The Morgan fingerprint density at radius 1 is 1.17 bits per heavy atom. The largest absolute Gasteiger partial charge is 0.345 e. The zero-order valence-electron chi connectivity index (χ0n) is 16.6. The Bertz CT molecular complexity index is 1240. The lowest BCUT2D eigenvalue weighted by atomic mass is 9.95. The smallest absolute Gasteiger partial charge is 0.121 e. The number of nitrogens with one attached hydrogen (secondary N) is 2. The minimum Gasteiger partial charge on any atom is -0.345 e. The van der Waals surface area contributed by atoms with Crippen LogP contribution in [0.1, 0.15) is 54.7 Å². The number of pyridine rings is 1. The summed E-state index contributed by atoms with van der Waals surface area (Å²) in [4.78, 5) is 14.4. The van der Waals surface area contributed by atoms with E-state index in [1.54, 1.807) is 17.5 Å². The Morgan fingerprint density at radius 3 is 2.76 bits per heavy atom. The molecule has 1 aliphatic rings. The standard InChI is InChI=1S/C23H23N5S/c1-13(2)18-20(17-6-5-15(12-24)19-16(17)4-3-9-26-19)27-23-21(18)28-22(29-23)14-7-10-25-11-8-14/h3-6,9,13-14,25,27H,7-8,10-11H2,1-2H3. The highest BCUT2D eigenvalue weighted by atomic mass is 32.1. The first-order chi connectivity index (χ1) is 14.2. The van der Waals surface area contributed by atoms with Crippen LogP contribution in [0.15, 0.2) is 30.5 Å². The van der Waals surface area contributed by atoms with E-state index in [0.29, 0.717) is 17.4 Å². The third kappa shape index (κ3) is 3.02. The number of rotatable bonds is 3. The Balaban J connectivity index is 1.70. The second-order valence-corrected chi connectivity index (χ2v) is 9.03. The minimum atomic E-state index is 0.337. The van der Waals surface area contributed by atoms with E-state index in [2.05, 4.69) is 35.2 Å². The monoisotopic (exact) mass is 401 g/mol. The molecule has 0 aliphatic carbocycles. The lowest BCUT2D eigenvalue weighted by Crippen LogP contribution is -2.26. The van der Waals surface area contributed by atoms with Gasteiger partial charge >= 0.3 is 0 Å². The van der Waals surface area contributed by atoms with E-state index in [1.807, 2.05) is 24.3 Å². The molecule has 5 rings (SSSR count). The molecule has 29 heavy (non-hydrogen) atoms. The van der Waals surface area contributed by atoms with Crippen molar-refractivity contribution in [2.24, 2.45) is 0 Å². The quantitative estimate of drug-likeness (QED) is 0.488. The average Bonchev–Trinajstić information content (AvgIpc) is 3.31. The normalized spacial score (nSPS) is 15.4. The van der Waals surface area contributed by atoms with Crippen LogP contribution < -0.4 is 5.32 Å². The lowest BCUT2D eigenvalue weighted by molar-refractivity contribution is 0.459. The topological polar surface area (TPSA) is 77.4 Å². The SMILES string of the molecule is CC(C)c1c(-c2ccc(C#N)c3ncccc23)[nH]c2sc(C3CCNCC3)nc12. The van der Waals surface area contributed by atoms with Gasteiger partial charge in [-0.25, -0.2) is 4.98 Å². The van der Waals surface area contributed by atoms with Crippen molar-refractivity contribution in [3.8, 4) is 17.3 Å². The number of hydrogen-bond donors (Lipinski definition) is 2. The number of hydrogen-bond acceptors (Lipinski definition) is 5. The van der Waals surface area contributed by atoms with Crippen molar-refractivity contribution in [1.82, 2.24) is 20.3 Å². The average molecular weight is 402 g/mol. The van der Waals surface area contributed by atoms with Crippen molar-refractivity contribution in [3.63, 3.8) is 0 Å². The summed E-state index contributed by atoms with van der Waals surface area (Å²) in [5.41, 5.74) is 5.91. The van der Waals surface area contributed by atoms with Gasteiger partial charge < -0.3 is 10.3 Å². The molecule has 0 radical (unpaired) electrons. The fourth-order valence-electron chi connectivity index (χ4n) is 4.40. The zero-order valence-corrected chi connectivity index (χ0v) is 17.4. The van der Waals surface area contributed by atoms with E-state index in [4.69, 9.17) is 4.98 Å². The summed E-state index contributed by atoms with van der Waals surface area (Å²) >= 11 is 1.80. The van der Waals surface area contributed by atoms with Crippen molar-refractivity contribution < 1.29 is 0 Å². The number of nitriles is 1. The molecular weight excluding hydrogens is 378 g/mol. The molecule has 0 spiro atoms. The van der Waals surface area contributed by atoms with Crippen molar-refractivity contribution in [2.75, 3.05) is 13.1 Å². The highest BCUT2D eigenvalue weighted by molar-refractivity contribution is 7.18. The van der Waals surface area contributed by atoms with E-state index in [1.165, 1.54) is 10.6 Å². The molecule has 0 unspecified atom stereocenters. The summed E-state index contributed by atoms with van der Waals surface area (Å²) in [6.45, 7) is 6.59. The molecule has 146 valence electrons. The van der Waals surface area contributed by atoms with Crippen LogP contribution in [0.3, 0.4) is 0 Å². The van der Waals surface area contributed by atoms with Crippen LogP contribution in [0.4, 0.5) is 0 Å². The molecule has 2 N–H and O–H groups in total. The number of nitrogens with zero attached hydrogens (tertiary/aromatic N) is 3. The van der Waals surface area contributed by atoms with Crippen LogP contribution in [-0.4, -0.2) is 28.0 Å². The number of aromatic amines is 1. The summed E-state index contributed by atoms with van der Waals surface area (Å²) in [5.74, 6) is 0.898. The van der Waals surface area contributed by atoms with Crippen LogP contribution in [0.5, 0.6) is 0 Å². The maximum atomic E-state index is 9.46. The molecule has 1 saturated heterocycles. The van der Waals surface area contributed by atoms with Gasteiger partial charge in [-0.2, -0.15) is 5.26 Å².